The van der Waals surface area contributed by atoms with Gasteiger partial charge in [-0.25, -0.2) is 13.7 Å². The number of rotatable bonds is 27. The van der Waals surface area contributed by atoms with E-state index in [0.717, 1.165) is 25.7 Å². The topological polar surface area (TPSA) is 301 Å². The molecule has 2 unspecified atom stereocenters. The van der Waals surface area contributed by atoms with E-state index >= 15 is 0 Å². The molecule has 268 valence electrons. The molecule has 0 aromatic heterocycles. The van der Waals surface area contributed by atoms with Gasteiger partial charge in [0, 0.05) is 0 Å². The highest BCUT2D eigenvalue weighted by molar-refractivity contribution is 7.61. The molecule has 6 atom stereocenters. The number of aliphatic hydroxyl groups is 6. The second kappa shape index (κ2) is 26.1. The molecule has 17 nitrogen and oxygen atoms in total. The highest BCUT2D eigenvalue weighted by Crippen LogP contribution is 2.61. The molecule has 44 heavy (non-hydrogen) atoms. The van der Waals surface area contributed by atoms with Crippen molar-refractivity contribution >= 4 is 23.5 Å². The average Bonchev–Trinajstić information content (AvgIpc) is 2.90. The van der Waals surface area contributed by atoms with Crippen molar-refractivity contribution in [2.24, 2.45) is 0 Å². The zero-order valence-corrected chi connectivity index (χ0v) is 28.0. The van der Waals surface area contributed by atoms with Crippen LogP contribution < -0.4 is 0 Å². The van der Waals surface area contributed by atoms with Gasteiger partial charge in [0.25, 0.3) is 0 Å². The molecule has 20 heteroatoms. The number of unbranched alkanes of at least 4 members (excludes halogenated alkanes) is 15. The Labute approximate surface area is 259 Å². The van der Waals surface area contributed by atoms with Crippen LogP contribution in [0.3, 0.4) is 0 Å². The predicted octanol–water partition coefficient (Wildman–Crippen LogP) is 2.32. The number of hydrogen-bond acceptors (Lipinski definition) is 12. The SMILES string of the molecule is CCCCCCCCCCCCCCCCCCOP(=O)(OC(O)[C@H](O)[C@@H](O)[C@H](O)[C@H](O)CO)OP(=O)(O)O.O=P(O)(O)O. The van der Waals surface area contributed by atoms with Crippen LogP contribution in [0.1, 0.15) is 110 Å². The largest absolute Gasteiger partial charge is 0.486 e. The quantitative estimate of drug-likeness (QED) is 0.0331. The van der Waals surface area contributed by atoms with Gasteiger partial charge in [-0.3, -0.25) is 9.05 Å². The van der Waals surface area contributed by atoms with Crippen molar-refractivity contribution in [2.45, 2.75) is 140 Å². The molecule has 0 bridgehead atoms. The Morgan fingerprint density at radius 3 is 1.27 bits per heavy atom. The Morgan fingerprint density at radius 1 is 0.568 bits per heavy atom. The summed E-state index contributed by atoms with van der Waals surface area (Å²) in [6.07, 6.45) is 6.81. The lowest BCUT2D eigenvalue weighted by atomic mass is 10.0. The van der Waals surface area contributed by atoms with Crippen LogP contribution in [0.15, 0.2) is 0 Å². The van der Waals surface area contributed by atoms with Crippen molar-refractivity contribution in [2.75, 3.05) is 13.2 Å². The first-order valence-corrected chi connectivity index (χ1v) is 19.4. The van der Waals surface area contributed by atoms with E-state index in [2.05, 4.69) is 15.8 Å². The Bertz CT molecular complexity index is 816. The molecule has 0 aromatic carbocycles. The fraction of sp³-hybridized carbons (Fsp3) is 1.00. The van der Waals surface area contributed by atoms with E-state index in [-0.39, 0.29) is 6.61 Å². The molecule has 0 aliphatic rings. The fourth-order valence-corrected chi connectivity index (χ4v) is 6.12. The van der Waals surface area contributed by atoms with Gasteiger partial charge in [0.2, 0.25) is 0 Å². The van der Waals surface area contributed by atoms with Crippen LogP contribution in [0.2, 0.25) is 0 Å². The number of aliphatic hydroxyl groups excluding tert-OH is 6. The van der Waals surface area contributed by atoms with E-state index < -0.39 is 60.8 Å². The molecular weight excluding hydrogens is 653 g/mol. The highest BCUT2D eigenvalue weighted by Gasteiger charge is 2.42. The summed E-state index contributed by atoms with van der Waals surface area (Å²) in [5, 5.41) is 57.3. The third kappa shape index (κ3) is 29.5. The normalized spacial score (nSPS) is 17.2. The molecule has 0 fully saturated rings. The van der Waals surface area contributed by atoms with E-state index in [4.69, 9.17) is 38.7 Å². The minimum atomic E-state index is -5.42. The summed E-state index contributed by atoms with van der Waals surface area (Å²) < 4.78 is 46.1. The summed E-state index contributed by atoms with van der Waals surface area (Å²) in [6.45, 7) is 0.942. The smallest absolute Gasteiger partial charge is 0.394 e. The average molecular weight is 709 g/mol. The molecule has 0 heterocycles. The Hall–Kier alpha value is 0.130. The van der Waals surface area contributed by atoms with Crippen LogP contribution in [-0.2, 0) is 27.1 Å². The summed E-state index contributed by atoms with van der Waals surface area (Å²) in [5.74, 6) is 0. The van der Waals surface area contributed by atoms with Crippen LogP contribution in [0.5, 0.6) is 0 Å². The molecular formula is C24H55O17P3. The van der Waals surface area contributed by atoms with Gasteiger partial charge in [0.1, 0.15) is 24.4 Å². The molecule has 0 saturated heterocycles. The third-order valence-corrected chi connectivity index (χ3v) is 8.89. The lowest BCUT2D eigenvalue weighted by Gasteiger charge is -2.29. The van der Waals surface area contributed by atoms with Crippen LogP contribution in [0, 0.1) is 0 Å². The van der Waals surface area contributed by atoms with Gasteiger partial charge in [-0.2, -0.15) is 4.31 Å². The van der Waals surface area contributed by atoms with Gasteiger partial charge in [-0.05, 0) is 6.42 Å². The van der Waals surface area contributed by atoms with Gasteiger partial charge in [-0.1, -0.05) is 103 Å². The molecule has 0 radical (unpaired) electrons. The zero-order valence-electron chi connectivity index (χ0n) is 25.3. The van der Waals surface area contributed by atoms with E-state index in [0.29, 0.717) is 12.8 Å². The van der Waals surface area contributed by atoms with Crippen molar-refractivity contribution in [3.63, 3.8) is 0 Å². The molecule has 0 rings (SSSR count). The summed E-state index contributed by atoms with van der Waals surface area (Å²) in [5.41, 5.74) is 0. The molecule has 11 N–H and O–H groups in total. The minimum Gasteiger partial charge on any atom is -0.394 e. The van der Waals surface area contributed by atoms with Crippen molar-refractivity contribution in [1.29, 1.82) is 0 Å². The van der Waals surface area contributed by atoms with Gasteiger partial charge in [-0.15, -0.1) is 0 Å². The third-order valence-electron chi connectivity index (χ3n) is 6.26. The van der Waals surface area contributed by atoms with E-state index in [1.54, 1.807) is 0 Å². The summed E-state index contributed by atoms with van der Waals surface area (Å²) >= 11 is 0. The second-order valence-electron chi connectivity index (χ2n) is 10.4. The van der Waals surface area contributed by atoms with Crippen LogP contribution in [-0.4, -0.2) is 99.0 Å². The lowest BCUT2D eigenvalue weighted by molar-refractivity contribution is -0.186. The maximum Gasteiger partial charge on any atom is 0.486 e. The lowest BCUT2D eigenvalue weighted by Crippen LogP contribution is -2.50. The van der Waals surface area contributed by atoms with Crippen LogP contribution in [0.4, 0.5) is 0 Å². The van der Waals surface area contributed by atoms with Gasteiger partial charge in [0.15, 0.2) is 6.29 Å². The van der Waals surface area contributed by atoms with Crippen LogP contribution >= 0.6 is 23.5 Å². The standard InChI is InChI=1S/C24H52O13P2.H3O4P/c1-2-3-4-5-6-7-8-9-10-11-12-13-14-15-16-17-18-35-39(34,37-38(31,32)33)36-24(30)23(29)22(28)21(27)20(26)19-25;1-5(2,3)4/h20-30H,2-19H2,1H3,(H2,31,32,33);(H3,1,2,3,4)/t20-,21-,22+,23-,24?,39?;/m1./s1. The molecule has 0 amide bonds. The van der Waals surface area contributed by atoms with Crippen molar-refractivity contribution in [1.82, 2.24) is 0 Å². The van der Waals surface area contributed by atoms with Crippen LogP contribution in [0.25, 0.3) is 0 Å². The van der Waals surface area contributed by atoms with Gasteiger partial charge >= 0.3 is 23.5 Å². The van der Waals surface area contributed by atoms with Gasteiger partial charge < -0.3 is 55.1 Å². The highest BCUT2D eigenvalue weighted by atomic mass is 31.3. The second-order valence-corrected chi connectivity index (χ2v) is 14.4. The molecule has 0 spiro atoms. The predicted molar refractivity (Wildman–Crippen MR) is 159 cm³/mol. The monoisotopic (exact) mass is 708 g/mol. The molecule has 0 aromatic rings. The molecule has 0 saturated carbocycles. The summed E-state index contributed by atoms with van der Waals surface area (Å²) in [6, 6.07) is 0. The Kier molecular flexibility index (Phi) is 27.5. The number of hydrogen-bond donors (Lipinski definition) is 11. The number of phosphoric ester groups is 1. The van der Waals surface area contributed by atoms with Crippen molar-refractivity contribution in [3.05, 3.63) is 0 Å². The first-order chi connectivity index (χ1) is 20.4. The Morgan fingerprint density at radius 2 is 0.932 bits per heavy atom. The minimum absolute atomic E-state index is 0.299. The van der Waals surface area contributed by atoms with Crippen molar-refractivity contribution in [3.8, 4) is 0 Å². The molecule has 0 aliphatic heterocycles. The summed E-state index contributed by atoms with van der Waals surface area (Å²) in [7, 11) is -15.2. The van der Waals surface area contributed by atoms with E-state index in [1.165, 1.54) is 64.2 Å². The van der Waals surface area contributed by atoms with Gasteiger partial charge in [0.05, 0.1) is 13.2 Å². The Balaban J connectivity index is 0. The zero-order chi connectivity index (χ0) is 34.2. The maximum atomic E-state index is 12.6. The maximum absolute atomic E-state index is 12.6. The van der Waals surface area contributed by atoms with Crippen molar-refractivity contribution < 1.29 is 82.2 Å². The summed E-state index contributed by atoms with van der Waals surface area (Å²) in [4.78, 5) is 39.6. The fourth-order valence-electron chi connectivity index (χ4n) is 3.93. The first kappa shape index (κ1) is 46.2. The first-order valence-electron chi connectivity index (χ1n) is 14.9. The van der Waals surface area contributed by atoms with E-state index in [1.807, 2.05) is 0 Å². The molecule has 0 aliphatic carbocycles. The number of phosphoric acid groups is 3. The van der Waals surface area contributed by atoms with E-state index in [9.17, 15) is 34.7 Å².